The fourth-order valence-corrected chi connectivity index (χ4v) is 3.47. The van der Waals surface area contributed by atoms with E-state index >= 15 is 0 Å². The molecular weight excluding hydrogens is 228 g/mol. The summed E-state index contributed by atoms with van der Waals surface area (Å²) in [7, 11) is 1.63. The van der Waals surface area contributed by atoms with Gasteiger partial charge in [0.25, 0.3) is 0 Å². The minimum atomic E-state index is -0.236. The van der Waals surface area contributed by atoms with Crippen LogP contribution in [-0.4, -0.2) is 26.3 Å². The van der Waals surface area contributed by atoms with Crippen LogP contribution in [0.3, 0.4) is 0 Å². The molecule has 0 aliphatic heterocycles. The van der Waals surface area contributed by atoms with E-state index in [4.69, 9.17) is 9.47 Å². The Morgan fingerprint density at radius 3 is 2.61 bits per heavy atom. The largest absolute Gasteiger partial charge is 0.359 e. The maximum Gasteiger partial charge on any atom is 0.146 e. The molecule has 102 valence electrons. The summed E-state index contributed by atoms with van der Waals surface area (Å²) < 4.78 is 10.1. The Morgan fingerprint density at radius 1 is 1.39 bits per heavy atom. The number of fused-ring (bicyclic) bond motifs is 2. The zero-order valence-electron chi connectivity index (χ0n) is 11.9. The highest BCUT2D eigenvalue weighted by Gasteiger charge is 2.60. The van der Waals surface area contributed by atoms with Gasteiger partial charge in [0.1, 0.15) is 12.6 Å². The first kappa shape index (κ1) is 13.8. The number of hydrogen-bond acceptors (Lipinski definition) is 3. The van der Waals surface area contributed by atoms with Crippen LogP contribution in [0.1, 0.15) is 40.0 Å². The Labute approximate surface area is 110 Å². The monoisotopic (exact) mass is 252 g/mol. The van der Waals surface area contributed by atoms with Gasteiger partial charge in [-0.15, -0.1) is 0 Å². The van der Waals surface area contributed by atoms with E-state index in [9.17, 15) is 4.79 Å². The van der Waals surface area contributed by atoms with Gasteiger partial charge in [0.2, 0.25) is 0 Å². The summed E-state index contributed by atoms with van der Waals surface area (Å²) in [5.74, 6) is 0.856. The average Bonchev–Trinajstić information content (AvgIpc) is 2.60. The van der Waals surface area contributed by atoms with Crippen LogP contribution in [-0.2, 0) is 14.3 Å². The van der Waals surface area contributed by atoms with Crippen LogP contribution in [0.15, 0.2) is 11.6 Å². The molecule has 0 N–H and O–H groups in total. The van der Waals surface area contributed by atoms with Crippen molar-refractivity contribution in [3.8, 4) is 0 Å². The molecule has 2 rings (SSSR count). The van der Waals surface area contributed by atoms with Crippen molar-refractivity contribution in [2.24, 2.45) is 16.7 Å². The van der Waals surface area contributed by atoms with Crippen molar-refractivity contribution < 1.29 is 14.3 Å². The van der Waals surface area contributed by atoms with Crippen LogP contribution in [0.4, 0.5) is 0 Å². The molecular formula is C15H24O3. The van der Waals surface area contributed by atoms with E-state index in [0.29, 0.717) is 18.5 Å². The fraction of sp³-hybridized carbons (Fsp3) is 0.800. The summed E-state index contributed by atoms with van der Waals surface area (Å²) in [6.07, 6.45) is 5.01. The maximum atomic E-state index is 12.0. The molecule has 0 aromatic rings. The van der Waals surface area contributed by atoms with Crippen LogP contribution < -0.4 is 0 Å². The van der Waals surface area contributed by atoms with Crippen LogP contribution in [0.5, 0.6) is 0 Å². The molecule has 3 nitrogen and oxygen atoms in total. The molecule has 1 saturated carbocycles. The molecule has 0 saturated heterocycles. The van der Waals surface area contributed by atoms with Gasteiger partial charge < -0.3 is 9.47 Å². The van der Waals surface area contributed by atoms with Gasteiger partial charge in [-0.1, -0.05) is 25.5 Å². The summed E-state index contributed by atoms with van der Waals surface area (Å²) in [6, 6.07) is 0. The molecule has 3 heteroatoms. The van der Waals surface area contributed by atoms with Gasteiger partial charge in [-0.05, 0) is 31.1 Å². The van der Waals surface area contributed by atoms with Gasteiger partial charge >= 0.3 is 0 Å². The van der Waals surface area contributed by atoms with E-state index in [0.717, 1.165) is 25.9 Å². The molecule has 0 spiro atoms. The fourth-order valence-electron chi connectivity index (χ4n) is 3.47. The van der Waals surface area contributed by atoms with Gasteiger partial charge in [-0.25, -0.2) is 0 Å². The zero-order chi connectivity index (χ0) is 13.4. The molecule has 1 fully saturated rings. The number of rotatable bonds is 6. The first-order chi connectivity index (χ1) is 8.43. The number of hydrogen-bond donors (Lipinski definition) is 0. The second-order valence-electron chi connectivity index (χ2n) is 6.24. The summed E-state index contributed by atoms with van der Waals surface area (Å²) in [6.45, 7) is 7.65. The van der Waals surface area contributed by atoms with Crippen molar-refractivity contribution in [3.63, 3.8) is 0 Å². The second kappa shape index (κ2) is 4.78. The SMILES string of the molecule is COCOCCCC1=C[C@]2(C)C(=O)CC1C2(C)C. The number of methoxy groups -OCH3 is 1. The van der Waals surface area contributed by atoms with E-state index in [1.54, 1.807) is 7.11 Å². The van der Waals surface area contributed by atoms with E-state index in [1.165, 1.54) is 5.57 Å². The van der Waals surface area contributed by atoms with Crippen molar-refractivity contribution in [1.29, 1.82) is 0 Å². The first-order valence-electron chi connectivity index (χ1n) is 6.75. The molecule has 1 unspecified atom stereocenters. The lowest BCUT2D eigenvalue weighted by atomic mass is 9.70. The van der Waals surface area contributed by atoms with Gasteiger partial charge in [-0.3, -0.25) is 4.79 Å². The number of Topliss-reactive ketones (excluding diaryl/α,β-unsaturated/α-hetero) is 1. The Kier molecular flexibility index (Phi) is 3.65. The molecule has 2 bridgehead atoms. The molecule has 0 heterocycles. The summed E-state index contributed by atoms with van der Waals surface area (Å²) >= 11 is 0. The molecule has 18 heavy (non-hydrogen) atoms. The van der Waals surface area contributed by atoms with Crippen molar-refractivity contribution in [2.45, 2.75) is 40.0 Å². The van der Waals surface area contributed by atoms with E-state index in [2.05, 4.69) is 26.8 Å². The number of ether oxygens (including phenoxy) is 2. The topological polar surface area (TPSA) is 35.5 Å². The van der Waals surface area contributed by atoms with Crippen molar-refractivity contribution in [3.05, 3.63) is 11.6 Å². The Morgan fingerprint density at radius 2 is 2.11 bits per heavy atom. The highest BCUT2D eigenvalue weighted by Crippen LogP contribution is 2.63. The highest BCUT2D eigenvalue weighted by molar-refractivity contribution is 5.92. The quantitative estimate of drug-likeness (QED) is 0.414. The predicted molar refractivity (Wildman–Crippen MR) is 70.1 cm³/mol. The standard InChI is InChI=1S/C15H24O3/c1-14(2)12-8-13(16)15(14,3)9-11(12)6-5-7-18-10-17-4/h9,12H,5-8,10H2,1-4H3/t12?,15-/m1/s1. The molecule has 0 aromatic carbocycles. The van der Waals surface area contributed by atoms with Crippen LogP contribution in [0.2, 0.25) is 0 Å². The number of carbonyl (C=O) groups is 1. The molecule has 2 aliphatic rings. The van der Waals surface area contributed by atoms with E-state index in [1.807, 2.05) is 0 Å². The van der Waals surface area contributed by atoms with Crippen LogP contribution in [0, 0.1) is 16.7 Å². The van der Waals surface area contributed by atoms with E-state index in [-0.39, 0.29) is 10.8 Å². The minimum absolute atomic E-state index is 0.0901. The summed E-state index contributed by atoms with van der Waals surface area (Å²) in [4.78, 5) is 12.0. The first-order valence-corrected chi connectivity index (χ1v) is 6.75. The number of ketones is 1. The third-order valence-electron chi connectivity index (χ3n) is 5.06. The van der Waals surface area contributed by atoms with Gasteiger partial charge in [0, 0.05) is 20.1 Å². The summed E-state index contributed by atoms with van der Waals surface area (Å²) in [5, 5.41) is 0. The molecule has 2 atom stereocenters. The summed E-state index contributed by atoms with van der Waals surface area (Å²) in [5.41, 5.74) is 1.32. The Bertz CT molecular complexity index is 370. The number of allylic oxidation sites excluding steroid dienone is 2. The normalized spacial score (nSPS) is 33.0. The maximum absolute atomic E-state index is 12.0. The van der Waals surface area contributed by atoms with Gasteiger partial charge in [0.15, 0.2) is 0 Å². The molecule has 0 radical (unpaired) electrons. The highest BCUT2D eigenvalue weighted by atomic mass is 16.7. The molecule has 2 aliphatic carbocycles. The third-order valence-corrected chi connectivity index (χ3v) is 5.06. The molecule has 0 amide bonds. The predicted octanol–water partition coefficient (Wildman–Crippen LogP) is 2.95. The van der Waals surface area contributed by atoms with Crippen LogP contribution in [0.25, 0.3) is 0 Å². The lowest BCUT2D eigenvalue weighted by molar-refractivity contribution is -0.125. The average molecular weight is 252 g/mol. The van der Waals surface area contributed by atoms with Crippen molar-refractivity contribution in [2.75, 3.05) is 20.5 Å². The minimum Gasteiger partial charge on any atom is -0.359 e. The van der Waals surface area contributed by atoms with Crippen molar-refractivity contribution >= 4 is 5.78 Å². The lowest BCUT2D eigenvalue weighted by Gasteiger charge is -2.32. The zero-order valence-corrected chi connectivity index (χ0v) is 11.9. The Balaban J connectivity index is 1.93. The third kappa shape index (κ3) is 1.94. The second-order valence-corrected chi connectivity index (χ2v) is 6.24. The molecule has 0 aromatic heterocycles. The van der Waals surface area contributed by atoms with E-state index < -0.39 is 0 Å². The Hall–Kier alpha value is -0.670. The lowest BCUT2D eigenvalue weighted by Crippen LogP contribution is -2.32. The smallest absolute Gasteiger partial charge is 0.146 e. The van der Waals surface area contributed by atoms with Crippen molar-refractivity contribution in [1.82, 2.24) is 0 Å². The number of carbonyl (C=O) groups excluding carboxylic acids is 1. The van der Waals surface area contributed by atoms with Gasteiger partial charge in [0.05, 0.1) is 5.41 Å². The van der Waals surface area contributed by atoms with Crippen LogP contribution >= 0.6 is 0 Å². The van der Waals surface area contributed by atoms with Gasteiger partial charge in [-0.2, -0.15) is 0 Å².